The number of benzene rings is 1. The van der Waals surface area contributed by atoms with E-state index in [1.165, 1.54) is 21.4 Å². The number of likely N-dealkylation sites (tertiary alicyclic amines) is 1. The largest absolute Gasteiger partial charge is 0.339 e. The highest BCUT2D eigenvalue weighted by molar-refractivity contribution is 7.98. The molecule has 0 saturated carbocycles. The van der Waals surface area contributed by atoms with Crippen molar-refractivity contribution in [3.63, 3.8) is 0 Å². The highest BCUT2D eigenvalue weighted by atomic mass is 32.2. The normalized spacial score (nSPS) is 14.3. The van der Waals surface area contributed by atoms with Gasteiger partial charge in [-0.1, -0.05) is 12.1 Å². The van der Waals surface area contributed by atoms with Crippen molar-refractivity contribution in [2.75, 3.05) is 13.1 Å². The Morgan fingerprint density at radius 3 is 2.62 bits per heavy atom. The molecule has 1 saturated heterocycles. The van der Waals surface area contributed by atoms with Crippen LogP contribution < -0.4 is 0 Å². The van der Waals surface area contributed by atoms with Crippen LogP contribution in [0.4, 0.5) is 0 Å². The van der Waals surface area contributed by atoms with Gasteiger partial charge < -0.3 is 4.90 Å². The molecule has 4 nitrogen and oxygen atoms in total. The lowest BCUT2D eigenvalue weighted by molar-refractivity contribution is 0.0793. The molecular formula is C20H21N3OS2. The van der Waals surface area contributed by atoms with E-state index in [1.54, 1.807) is 29.4 Å². The van der Waals surface area contributed by atoms with Gasteiger partial charge in [0, 0.05) is 34.7 Å². The molecule has 3 aromatic rings. The Labute approximate surface area is 161 Å². The molecule has 0 unspecified atom stereocenters. The number of fused-ring (bicyclic) bond motifs is 1. The second-order valence-corrected chi connectivity index (χ2v) is 8.79. The second kappa shape index (κ2) is 7.37. The predicted molar refractivity (Wildman–Crippen MR) is 108 cm³/mol. The molecule has 1 aliphatic heterocycles. The summed E-state index contributed by atoms with van der Waals surface area (Å²) in [6, 6.07) is 8.01. The molecule has 1 aromatic carbocycles. The molecule has 3 heterocycles. The molecule has 134 valence electrons. The average Bonchev–Trinajstić information content (AvgIpc) is 3.29. The fraction of sp³-hybridized carbons (Fsp3) is 0.350. The lowest BCUT2D eigenvalue weighted by Gasteiger charge is -2.15. The zero-order chi connectivity index (χ0) is 18.1. The molecule has 1 fully saturated rings. The molecule has 0 atom stereocenters. The van der Waals surface area contributed by atoms with Crippen molar-refractivity contribution in [1.82, 2.24) is 14.9 Å². The number of hydrogen-bond acceptors (Lipinski definition) is 5. The van der Waals surface area contributed by atoms with Crippen molar-refractivity contribution >= 4 is 39.2 Å². The van der Waals surface area contributed by atoms with Crippen LogP contribution in [0.25, 0.3) is 10.2 Å². The van der Waals surface area contributed by atoms with Crippen LogP contribution in [0.5, 0.6) is 0 Å². The summed E-state index contributed by atoms with van der Waals surface area (Å²) in [6.07, 6.45) is 3.89. The third-order valence-corrected chi connectivity index (χ3v) is 7.08. The van der Waals surface area contributed by atoms with Gasteiger partial charge in [-0.2, -0.15) is 0 Å². The molecule has 0 N–H and O–H groups in total. The van der Waals surface area contributed by atoms with Gasteiger partial charge in [-0.25, -0.2) is 9.97 Å². The van der Waals surface area contributed by atoms with Gasteiger partial charge in [0.1, 0.15) is 16.2 Å². The number of aryl methyl sites for hydroxylation is 2. The minimum absolute atomic E-state index is 0.156. The molecular weight excluding hydrogens is 362 g/mol. The third-order valence-electron chi connectivity index (χ3n) is 4.90. The smallest absolute Gasteiger partial charge is 0.253 e. The summed E-state index contributed by atoms with van der Waals surface area (Å²) in [5.41, 5.74) is 3.26. The summed E-state index contributed by atoms with van der Waals surface area (Å²) in [4.78, 5) is 25.6. The van der Waals surface area contributed by atoms with Crippen molar-refractivity contribution in [1.29, 1.82) is 0 Å². The van der Waals surface area contributed by atoms with E-state index < -0.39 is 0 Å². The van der Waals surface area contributed by atoms with Crippen LogP contribution in [0.1, 0.15) is 39.2 Å². The molecule has 0 spiro atoms. The van der Waals surface area contributed by atoms with E-state index >= 15 is 0 Å². The lowest BCUT2D eigenvalue weighted by Crippen LogP contribution is -2.27. The summed E-state index contributed by atoms with van der Waals surface area (Å²) in [6.45, 7) is 6.05. The predicted octanol–water partition coefficient (Wildman–Crippen LogP) is 4.84. The van der Waals surface area contributed by atoms with Gasteiger partial charge >= 0.3 is 0 Å². The number of hydrogen-bond donors (Lipinski definition) is 0. The standard InChI is InChI=1S/C20H21N3OS2/c1-13-14(2)26-19-17(13)18(21-12-22-19)25-11-15-5-7-16(8-6-15)20(24)23-9-3-4-10-23/h5-8,12H,3-4,9-11H2,1-2H3. The molecule has 1 amide bonds. The number of carbonyl (C=O) groups excluding carboxylic acids is 1. The highest BCUT2D eigenvalue weighted by Crippen LogP contribution is 2.35. The van der Waals surface area contributed by atoms with Gasteiger partial charge in [0.05, 0.1) is 0 Å². The SMILES string of the molecule is Cc1sc2ncnc(SCc3ccc(C(=O)N4CCCC4)cc3)c2c1C. The third kappa shape index (κ3) is 3.35. The van der Waals surface area contributed by atoms with E-state index in [0.29, 0.717) is 0 Å². The van der Waals surface area contributed by atoms with E-state index in [4.69, 9.17) is 0 Å². The van der Waals surface area contributed by atoms with Crippen LogP contribution in [-0.2, 0) is 5.75 Å². The Morgan fingerprint density at radius 1 is 1.15 bits per heavy atom. The lowest BCUT2D eigenvalue weighted by atomic mass is 10.1. The number of thioether (sulfide) groups is 1. The summed E-state index contributed by atoms with van der Waals surface area (Å²) < 4.78 is 0. The van der Waals surface area contributed by atoms with Gasteiger partial charge in [-0.3, -0.25) is 4.79 Å². The molecule has 0 bridgehead atoms. The Bertz CT molecular complexity index is 944. The minimum Gasteiger partial charge on any atom is -0.339 e. The molecule has 4 rings (SSSR count). The maximum Gasteiger partial charge on any atom is 0.253 e. The molecule has 6 heteroatoms. The first kappa shape index (κ1) is 17.5. The maximum absolute atomic E-state index is 12.4. The number of thiophene rings is 1. The Balaban J connectivity index is 1.48. The van der Waals surface area contributed by atoms with E-state index in [1.807, 2.05) is 17.0 Å². The van der Waals surface area contributed by atoms with Crippen LogP contribution in [0.2, 0.25) is 0 Å². The number of aromatic nitrogens is 2. The van der Waals surface area contributed by atoms with E-state index in [-0.39, 0.29) is 5.91 Å². The number of rotatable bonds is 4. The summed E-state index contributed by atoms with van der Waals surface area (Å²) >= 11 is 3.46. The first-order valence-corrected chi connectivity index (χ1v) is 10.7. The Morgan fingerprint density at radius 2 is 1.88 bits per heavy atom. The van der Waals surface area contributed by atoms with Crippen molar-refractivity contribution in [3.05, 3.63) is 52.2 Å². The first-order chi connectivity index (χ1) is 12.6. The van der Waals surface area contributed by atoms with Crippen LogP contribution in [-0.4, -0.2) is 33.9 Å². The monoisotopic (exact) mass is 383 g/mol. The van der Waals surface area contributed by atoms with Gasteiger partial charge in [0.25, 0.3) is 5.91 Å². The van der Waals surface area contributed by atoms with Gasteiger partial charge in [-0.05, 0) is 49.9 Å². The van der Waals surface area contributed by atoms with Gasteiger partial charge in [-0.15, -0.1) is 23.1 Å². The van der Waals surface area contributed by atoms with Crippen molar-refractivity contribution in [3.8, 4) is 0 Å². The Kier molecular flexibility index (Phi) is 4.96. The van der Waals surface area contributed by atoms with Gasteiger partial charge in [0.15, 0.2) is 0 Å². The topological polar surface area (TPSA) is 46.1 Å². The fourth-order valence-corrected chi connectivity index (χ4v) is 5.33. The maximum atomic E-state index is 12.4. The second-order valence-electron chi connectivity index (χ2n) is 6.63. The van der Waals surface area contributed by atoms with Crippen LogP contribution in [0.3, 0.4) is 0 Å². The van der Waals surface area contributed by atoms with Crippen molar-refractivity contribution in [2.45, 2.75) is 37.5 Å². The molecule has 2 aromatic heterocycles. The van der Waals surface area contributed by atoms with Crippen LogP contribution >= 0.6 is 23.1 Å². The summed E-state index contributed by atoms with van der Waals surface area (Å²) in [5, 5.41) is 2.22. The fourth-order valence-electron chi connectivity index (χ4n) is 3.26. The number of nitrogens with zero attached hydrogens (tertiary/aromatic N) is 3. The van der Waals surface area contributed by atoms with E-state index in [0.717, 1.165) is 47.1 Å². The Hall–Kier alpha value is -1.92. The first-order valence-electron chi connectivity index (χ1n) is 8.85. The average molecular weight is 384 g/mol. The number of amides is 1. The van der Waals surface area contributed by atoms with Gasteiger partial charge in [0.2, 0.25) is 0 Å². The van der Waals surface area contributed by atoms with E-state index in [9.17, 15) is 4.79 Å². The van der Waals surface area contributed by atoms with E-state index in [2.05, 4.69) is 35.9 Å². The highest BCUT2D eigenvalue weighted by Gasteiger charge is 2.19. The van der Waals surface area contributed by atoms with Crippen LogP contribution in [0, 0.1) is 13.8 Å². The summed E-state index contributed by atoms with van der Waals surface area (Å²) in [7, 11) is 0. The van der Waals surface area contributed by atoms with Crippen molar-refractivity contribution < 1.29 is 4.79 Å². The molecule has 0 aliphatic carbocycles. The zero-order valence-corrected chi connectivity index (χ0v) is 16.6. The quantitative estimate of drug-likeness (QED) is 0.478. The van der Waals surface area contributed by atoms with Crippen molar-refractivity contribution in [2.24, 2.45) is 0 Å². The minimum atomic E-state index is 0.156. The molecule has 1 aliphatic rings. The number of carbonyl (C=O) groups is 1. The molecule has 0 radical (unpaired) electrons. The zero-order valence-electron chi connectivity index (χ0n) is 15.0. The summed E-state index contributed by atoms with van der Waals surface area (Å²) in [5.74, 6) is 0.988. The van der Waals surface area contributed by atoms with Crippen LogP contribution in [0.15, 0.2) is 35.6 Å². The molecule has 26 heavy (non-hydrogen) atoms.